The number of allylic oxidation sites excluding steroid dienone is 4. The second-order valence-electron chi connectivity index (χ2n) is 10.0. The van der Waals surface area contributed by atoms with E-state index in [-0.39, 0.29) is 0 Å². The van der Waals surface area contributed by atoms with Crippen molar-refractivity contribution in [1.82, 2.24) is 0 Å². The summed E-state index contributed by atoms with van der Waals surface area (Å²) in [5.41, 5.74) is 9.75. The van der Waals surface area contributed by atoms with E-state index in [1.54, 1.807) is 10.4 Å². The molecule has 0 nitrogen and oxygen atoms in total. The van der Waals surface area contributed by atoms with E-state index in [0.29, 0.717) is 11.1 Å². The van der Waals surface area contributed by atoms with Crippen LogP contribution in [0.2, 0.25) is 11.1 Å². The summed E-state index contributed by atoms with van der Waals surface area (Å²) >= 11 is 0. The number of rotatable bonds is 4. The highest BCUT2D eigenvalue weighted by molar-refractivity contribution is 7.17. The molecule has 168 valence electrons. The Bertz CT molecular complexity index is 1350. The van der Waals surface area contributed by atoms with Crippen molar-refractivity contribution in [2.75, 3.05) is 0 Å². The van der Waals surface area contributed by atoms with Crippen molar-refractivity contribution in [3.05, 3.63) is 156 Å². The third-order valence-corrected chi connectivity index (χ3v) is 14.4. The molecule has 0 radical (unpaired) electrons. The van der Waals surface area contributed by atoms with Crippen LogP contribution in [0.25, 0.3) is 21.5 Å². The Hall–Kier alpha value is -3.68. The van der Waals surface area contributed by atoms with Crippen molar-refractivity contribution in [1.29, 1.82) is 0 Å². The molecular weight excluding hydrogens is 436 g/mol. The number of hydrogen-bond acceptors (Lipinski definition) is 0. The van der Waals surface area contributed by atoms with E-state index < -0.39 is 8.07 Å². The molecule has 35 heavy (non-hydrogen) atoms. The van der Waals surface area contributed by atoms with Crippen molar-refractivity contribution in [3.8, 4) is 0 Å². The van der Waals surface area contributed by atoms with Crippen LogP contribution in [0.3, 0.4) is 0 Å². The van der Waals surface area contributed by atoms with E-state index >= 15 is 0 Å². The lowest BCUT2D eigenvalue weighted by Crippen LogP contribution is -2.39. The predicted molar refractivity (Wildman–Crippen MR) is 151 cm³/mol. The summed E-state index contributed by atoms with van der Waals surface area (Å²) in [5.74, 6) is 0. The van der Waals surface area contributed by atoms with E-state index in [4.69, 9.17) is 0 Å². The fourth-order valence-corrected chi connectivity index (χ4v) is 14.2. The standard InChI is InChI=1S/C34H28Si/c1-5-13-25(14-6-1)31-32(26-15-7-2-8-16-26)34(28-19-11-4-12-20-28)35(29-21-22-30(35)24-23-29)33(31)27-17-9-3-10-18-27/h1-22,29-30H,23-24H2. The molecule has 1 saturated heterocycles. The summed E-state index contributed by atoms with van der Waals surface area (Å²) in [6.45, 7) is 0. The van der Waals surface area contributed by atoms with Gasteiger partial charge in [-0.25, -0.2) is 0 Å². The van der Waals surface area contributed by atoms with E-state index in [9.17, 15) is 0 Å². The molecule has 1 spiro atoms. The summed E-state index contributed by atoms with van der Waals surface area (Å²) < 4.78 is 0. The van der Waals surface area contributed by atoms with E-state index in [1.165, 1.54) is 46.2 Å². The highest BCUT2D eigenvalue weighted by atomic mass is 28.3. The molecule has 0 aliphatic carbocycles. The summed E-state index contributed by atoms with van der Waals surface area (Å²) in [7, 11) is -2.15. The molecule has 3 aliphatic heterocycles. The summed E-state index contributed by atoms with van der Waals surface area (Å²) in [6, 6.07) is 45.0. The first-order chi connectivity index (χ1) is 17.4. The highest BCUT2D eigenvalue weighted by Gasteiger charge is 2.62. The second-order valence-corrected chi connectivity index (χ2v) is 14.2. The number of benzene rings is 4. The van der Waals surface area contributed by atoms with Crippen molar-refractivity contribution in [2.24, 2.45) is 0 Å². The van der Waals surface area contributed by atoms with Gasteiger partial charge in [0.25, 0.3) is 0 Å². The summed E-state index contributed by atoms with van der Waals surface area (Å²) in [6.07, 6.45) is 7.79. The zero-order valence-corrected chi connectivity index (χ0v) is 20.8. The molecule has 2 bridgehead atoms. The fourth-order valence-electron chi connectivity index (χ4n) is 7.15. The van der Waals surface area contributed by atoms with Gasteiger partial charge in [0.1, 0.15) is 8.07 Å². The molecule has 0 amide bonds. The molecule has 4 aromatic carbocycles. The molecule has 4 aromatic rings. The first kappa shape index (κ1) is 20.7. The van der Waals surface area contributed by atoms with Crippen molar-refractivity contribution in [2.45, 2.75) is 23.9 Å². The maximum atomic E-state index is 2.59. The molecular formula is C34H28Si. The van der Waals surface area contributed by atoms with Gasteiger partial charge in [-0.2, -0.15) is 0 Å². The van der Waals surface area contributed by atoms with Crippen LogP contribution < -0.4 is 0 Å². The third-order valence-electron chi connectivity index (χ3n) is 8.36. The lowest BCUT2D eigenvalue weighted by molar-refractivity contribution is 0.792. The minimum atomic E-state index is -2.15. The van der Waals surface area contributed by atoms with Crippen LogP contribution in [0.1, 0.15) is 35.1 Å². The lowest BCUT2D eigenvalue weighted by atomic mass is 9.89. The molecule has 3 aliphatic rings. The van der Waals surface area contributed by atoms with E-state index in [0.717, 1.165) is 0 Å². The minimum Gasteiger partial charge on any atom is -0.0874 e. The van der Waals surface area contributed by atoms with Gasteiger partial charge in [-0.3, -0.25) is 0 Å². The molecule has 2 atom stereocenters. The Morgan fingerprint density at radius 1 is 0.400 bits per heavy atom. The Balaban J connectivity index is 1.67. The smallest absolute Gasteiger partial charge is 0.0874 e. The second kappa shape index (κ2) is 8.22. The van der Waals surface area contributed by atoms with E-state index in [2.05, 4.69) is 133 Å². The van der Waals surface area contributed by atoms with Gasteiger partial charge in [-0.1, -0.05) is 133 Å². The first-order valence-corrected chi connectivity index (χ1v) is 14.9. The van der Waals surface area contributed by atoms with Gasteiger partial charge in [-0.15, -0.1) is 0 Å². The molecule has 0 saturated carbocycles. The van der Waals surface area contributed by atoms with Crippen LogP contribution in [0, 0.1) is 0 Å². The van der Waals surface area contributed by atoms with Crippen molar-refractivity contribution in [3.63, 3.8) is 0 Å². The zero-order chi connectivity index (χ0) is 23.2. The quantitative estimate of drug-likeness (QED) is 0.209. The van der Waals surface area contributed by atoms with Crippen LogP contribution in [0.5, 0.6) is 0 Å². The van der Waals surface area contributed by atoms with Gasteiger partial charge in [0.2, 0.25) is 0 Å². The molecule has 1 fully saturated rings. The molecule has 0 N–H and O–H groups in total. The summed E-state index contributed by atoms with van der Waals surface area (Å²) in [4.78, 5) is 0. The Kier molecular flexibility index (Phi) is 4.85. The third kappa shape index (κ3) is 2.98. The predicted octanol–water partition coefficient (Wildman–Crippen LogP) is 8.85. The van der Waals surface area contributed by atoms with Gasteiger partial charge in [-0.05, 0) is 67.7 Å². The molecule has 3 heterocycles. The van der Waals surface area contributed by atoms with Crippen LogP contribution >= 0.6 is 0 Å². The van der Waals surface area contributed by atoms with Crippen LogP contribution in [-0.4, -0.2) is 8.07 Å². The van der Waals surface area contributed by atoms with Gasteiger partial charge >= 0.3 is 0 Å². The Morgan fingerprint density at radius 3 is 1.03 bits per heavy atom. The average Bonchev–Trinajstić information content (AvgIpc) is 3.59. The Labute approximate surface area is 209 Å². The first-order valence-electron chi connectivity index (χ1n) is 12.8. The fraction of sp³-hybridized carbons (Fsp3) is 0.118. The van der Waals surface area contributed by atoms with Gasteiger partial charge < -0.3 is 0 Å². The summed E-state index contributed by atoms with van der Waals surface area (Å²) in [5, 5.41) is 3.30. The van der Waals surface area contributed by atoms with Gasteiger partial charge in [0.05, 0.1) is 0 Å². The van der Waals surface area contributed by atoms with E-state index in [1.807, 2.05) is 0 Å². The van der Waals surface area contributed by atoms with Crippen LogP contribution in [0.4, 0.5) is 0 Å². The molecule has 2 unspecified atom stereocenters. The molecule has 1 heteroatoms. The maximum Gasteiger partial charge on any atom is 0.134 e. The maximum absolute atomic E-state index is 2.59. The number of hydrogen-bond donors (Lipinski definition) is 0. The molecule has 7 rings (SSSR count). The topological polar surface area (TPSA) is 0 Å². The largest absolute Gasteiger partial charge is 0.134 e. The minimum absolute atomic E-state index is 0.651. The van der Waals surface area contributed by atoms with Gasteiger partial charge in [0.15, 0.2) is 0 Å². The monoisotopic (exact) mass is 464 g/mol. The van der Waals surface area contributed by atoms with Gasteiger partial charge in [0, 0.05) is 0 Å². The lowest BCUT2D eigenvalue weighted by Gasteiger charge is -2.35. The average molecular weight is 465 g/mol. The highest BCUT2D eigenvalue weighted by Crippen LogP contribution is 2.70. The van der Waals surface area contributed by atoms with Crippen molar-refractivity contribution >= 4 is 29.6 Å². The molecule has 0 aromatic heterocycles. The van der Waals surface area contributed by atoms with Crippen LogP contribution in [0.15, 0.2) is 133 Å². The Morgan fingerprint density at radius 2 is 0.714 bits per heavy atom. The van der Waals surface area contributed by atoms with Crippen LogP contribution in [-0.2, 0) is 0 Å². The zero-order valence-electron chi connectivity index (χ0n) is 19.8. The SMILES string of the molecule is C1=CC2CCC1[Si]21C(c2ccccc2)=C(c2ccccc2)C(c2ccccc2)=C1c1ccccc1. The van der Waals surface area contributed by atoms with Crippen molar-refractivity contribution < 1.29 is 0 Å². The normalized spacial score (nSPS) is 21.9.